The number of imidazole rings is 1. The van der Waals surface area contributed by atoms with Crippen molar-refractivity contribution in [1.29, 1.82) is 0 Å². The Bertz CT molecular complexity index is 1350. The molecule has 3 aromatic heterocycles. The molecule has 1 saturated heterocycles. The van der Waals surface area contributed by atoms with E-state index in [0.29, 0.717) is 23.3 Å². The molecule has 0 radical (unpaired) electrons. The van der Waals surface area contributed by atoms with Crippen LogP contribution in [0.5, 0.6) is 0 Å². The number of amides is 1. The van der Waals surface area contributed by atoms with Crippen molar-refractivity contribution < 1.29 is 9.53 Å². The van der Waals surface area contributed by atoms with E-state index in [1.54, 1.807) is 25.4 Å². The van der Waals surface area contributed by atoms with E-state index in [1.165, 1.54) is 0 Å². The smallest absolute Gasteiger partial charge is 0.413 e. The highest BCUT2D eigenvalue weighted by molar-refractivity contribution is 5.96. The molecule has 2 N–H and O–H groups in total. The molecule has 4 heterocycles. The van der Waals surface area contributed by atoms with Gasteiger partial charge in [0, 0.05) is 68.5 Å². The number of benzene rings is 1. The van der Waals surface area contributed by atoms with Gasteiger partial charge in [-0.25, -0.2) is 19.7 Å². The number of aromatic amines is 1. The molecule has 4 aromatic rings. The second-order valence-corrected chi connectivity index (χ2v) is 9.37. The number of carbonyl (C=O) groups excluding carboxylic acids is 1. The van der Waals surface area contributed by atoms with Crippen LogP contribution in [0.3, 0.4) is 0 Å². The van der Waals surface area contributed by atoms with Gasteiger partial charge in [-0.1, -0.05) is 13.5 Å². The fraction of sp³-hybridized carbons (Fsp3) is 0.393. The van der Waals surface area contributed by atoms with Gasteiger partial charge >= 0.3 is 6.09 Å². The first-order chi connectivity index (χ1) is 18.0. The number of hydrogen-bond acceptors (Lipinski definition) is 8. The first-order valence-electron chi connectivity index (χ1n) is 12.7. The van der Waals surface area contributed by atoms with Crippen molar-refractivity contribution in [3.05, 3.63) is 54.6 Å². The zero-order valence-electron chi connectivity index (χ0n) is 21.4. The minimum absolute atomic E-state index is 0. The van der Waals surface area contributed by atoms with Crippen molar-refractivity contribution in [1.82, 2.24) is 34.7 Å². The van der Waals surface area contributed by atoms with Crippen LogP contribution in [0, 0.1) is 0 Å². The van der Waals surface area contributed by atoms with Gasteiger partial charge in [0.2, 0.25) is 5.95 Å². The summed E-state index contributed by atoms with van der Waals surface area (Å²) in [6.45, 7) is 11.7. The third-order valence-electron chi connectivity index (χ3n) is 6.57. The Hall–Kier alpha value is -3.89. The number of H-pyrrole nitrogens is 1. The monoisotopic (exact) mass is 516 g/mol. The molecule has 1 amide bonds. The number of rotatable bonds is 7. The minimum atomic E-state index is -0.565. The highest BCUT2D eigenvalue weighted by Gasteiger charge is 2.19. The normalized spacial score (nSPS) is 14.4. The van der Waals surface area contributed by atoms with Gasteiger partial charge in [0.15, 0.2) is 5.82 Å². The lowest BCUT2D eigenvalue weighted by Gasteiger charge is -2.36. The molecule has 38 heavy (non-hydrogen) atoms. The standard InChI is InChI=1S/C27H32N8O2.CH4/c1-4-37-27(36)33-26-31-23-15-20(14-22(24(23)32-26)25-28-8-5-9-29-25)19-6-7-21(30-16-19)17-34-10-12-35(13-11-34)18(2)3;/h5-9,14-16,18H,4,10-13,17H2,1-3H3,(H2,31,32,33,36);1H4. The van der Waals surface area contributed by atoms with Gasteiger partial charge in [-0.15, -0.1) is 0 Å². The van der Waals surface area contributed by atoms with E-state index in [4.69, 9.17) is 9.72 Å². The lowest BCUT2D eigenvalue weighted by atomic mass is 10.0. The Morgan fingerprint density at radius 2 is 1.84 bits per heavy atom. The number of aromatic nitrogens is 5. The van der Waals surface area contributed by atoms with Crippen molar-refractivity contribution >= 4 is 23.1 Å². The maximum absolute atomic E-state index is 11.9. The van der Waals surface area contributed by atoms with Crippen LogP contribution >= 0.6 is 0 Å². The first kappa shape index (κ1) is 27.2. The summed E-state index contributed by atoms with van der Waals surface area (Å²) in [4.78, 5) is 38.3. The summed E-state index contributed by atoms with van der Waals surface area (Å²) in [5, 5.41) is 2.64. The average molecular weight is 517 g/mol. The number of ether oxygens (including phenoxy) is 1. The minimum Gasteiger partial charge on any atom is -0.450 e. The largest absolute Gasteiger partial charge is 0.450 e. The van der Waals surface area contributed by atoms with E-state index in [0.717, 1.165) is 60.6 Å². The van der Waals surface area contributed by atoms with Crippen LogP contribution in [0.4, 0.5) is 10.7 Å². The number of carbonyl (C=O) groups is 1. The zero-order valence-corrected chi connectivity index (χ0v) is 21.4. The zero-order chi connectivity index (χ0) is 25.8. The summed E-state index contributed by atoms with van der Waals surface area (Å²) in [6, 6.07) is 10.6. The SMILES string of the molecule is C.CCOC(=O)Nc1nc2c(-c3ncccn3)cc(-c3ccc(CN4CCN(C(C)C)CC4)nc3)cc2[nH]1. The van der Waals surface area contributed by atoms with Crippen LogP contribution in [-0.4, -0.2) is 79.6 Å². The molecular formula is C28H36N8O2. The Morgan fingerprint density at radius 1 is 1.08 bits per heavy atom. The third-order valence-corrected chi connectivity index (χ3v) is 6.57. The summed E-state index contributed by atoms with van der Waals surface area (Å²) < 4.78 is 4.98. The Kier molecular flexibility index (Phi) is 8.65. The summed E-state index contributed by atoms with van der Waals surface area (Å²) in [5.41, 5.74) is 5.14. The van der Waals surface area contributed by atoms with E-state index in [-0.39, 0.29) is 14.0 Å². The fourth-order valence-electron chi connectivity index (χ4n) is 4.57. The van der Waals surface area contributed by atoms with E-state index < -0.39 is 6.09 Å². The quantitative estimate of drug-likeness (QED) is 0.360. The van der Waals surface area contributed by atoms with Gasteiger partial charge < -0.3 is 9.72 Å². The number of hydrogen-bond donors (Lipinski definition) is 2. The summed E-state index contributed by atoms with van der Waals surface area (Å²) in [5.74, 6) is 0.850. The number of piperazine rings is 1. The third kappa shape index (κ3) is 6.15. The number of anilines is 1. The number of nitrogens with one attached hydrogen (secondary N) is 2. The number of fused-ring (bicyclic) bond motifs is 1. The molecule has 0 bridgehead atoms. The van der Waals surface area contributed by atoms with Gasteiger partial charge in [0.05, 0.1) is 17.8 Å². The highest BCUT2D eigenvalue weighted by atomic mass is 16.5. The van der Waals surface area contributed by atoms with Crippen LogP contribution < -0.4 is 5.32 Å². The lowest BCUT2D eigenvalue weighted by Crippen LogP contribution is -2.48. The predicted octanol–water partition coefficient (Wildman–Crippen LogP) is 4.81. The first-order valence-corrected chi connectivity index (χ1v) is 12.7. The number of nitrogens with zero attached hydrogens (tertiary/aromatic N) is 6. The molecule has 5 rings (SSSR count). The average Bonchev–Trinajstić information content (AvgIpc) is 3.31. The Labute approximate surface area is 223 Å². The van der Waals surface area contributed by atoms with Gasteiger partial charge in [0.25, 0.3) is 0 Å². The van der Waals surface area contributed by atoms with Gasteiger partial charge in [-0.3, -0.25) is 20.1 Å². The van der Waals surface area contributed by atoms with Crippen molar-refractivity contribution in [2.45, 2.75) is 40.8 Å². The summed E-state index contributed by atoms with van der Waals surface area (Å²) >= 11 is 0. The molecule has 200 valence electrons. The molecule has 0 spiro atoms. The highest BCUT2D eigenvalue weighted by Crippen LogP contribution is 2.32. The summed E-state index contributed by atoms with van der Waals surface area (Å²) in [6.07, 6.45) is 4.74. The van der Waals surface area contributed by atoms with Gasteiger partial charge in [-0.05, 0) is 50.6 Å². The molecule has 0 saturated carbocycles. The van der Waals surface area contributed by atoms with Crippen LogP contribution in [0.25, 0.3) is 33.5 Å². The van der Waals surface area contributed by atoms with E-state index in [2.05, 4.69) is 61.0 Å². The van der Waals surface area contributed by atoms with Crippen LogP contribution in [-0.2, 0) is 11.3 Å². The molecule has 0 atom stereocenters. The lowest BCUT2D eigenvalue weighted by molar-refractivity contribution is 0.103. The maximum atomic E-state index is 11.9. The van der Waals surface area contributed by atoms with Crippen molar-refractivity contribution in [3.8, 4) is 22.5 Å². The molecule has 10 heteroatoms. The van der Waals surface area contributed by atoms with Crippen LogP contribution in [0.15, 0.2) is 48.9 Å². The molecule has 1 aliphatic heterocycles. The molecule has 1 fully saturated rings. The van der Waals surface area contributed by atoms with E-state index in [9.17, 15) is 4.79 Å². The van der Waals surface area contributed by atoms with Crippen molar-refractivity contribution in [3.63, 3.8) is 0 Å². The van der Waals surface area contributed by atoms with E-state index >= 15 is 0 Å². The maximum Gasteiger partial charge on any atom is 0.413 e. The molecule has 0 unspecified atom stereocenters. The predicted molar refractivity (Wildman–Crippen MR) is 150 cm³/mol. The van der Waals surface area contributed by atoms with Crippen molar-refractivity contribution in [2.75, 3.05) is 38.1 Å². The second-order valence-electron chi connectivity index (χ2n) is 9.37. The summed E-state index contributed by atoms with van der Waals surface area (Å²) in [7, 11) is 0. The molecular weight excluding hydrogens is 480 g/mol. The van der Waals surface area contributed by atoms with Gasteiger partial charge in [0.1, 0.15) is 5.52 Å². The molecule has 10 nitrogen and oxygen atoms in total. The second kappa shape index (κ2) is 12.1. The van der Waals surface area contributed by atoms with Crippen molar-refractivity contribution in [2.24, 2.45) is 0 Å². The number of pyridine rings is 1. The topological polar surface area (TPSA) is 112 Å². The van der Waals surface area contributed by atoms with Gasteiger partial charge in [-0.2, -0.15) is 0 Å². The van der Waals surface area contributed by atoms with Crippen LogP contribution in [0.1, 0.15) is 33.9 Å². The Balaban J connectivity index is 0.00000336. The van der Waals surface area contributed by atoms with E-state index in [1.807, 2.05) is 18.3 Å². The fourth-order valence-corrected chi connectivity index (χ4v) is 4.57. The molecule has 0 aliphatic carbocycles. The Morgan fingerprint density at radius 3 is 2.50 bits per heavy atom. The van der Waals surface area contributed by atoms with Crippen LogP contribution in [0.2, 0.25) is 0 Å². The molecule has 1 aromatic carbocycles. The molecule has 1 aliphatic rings.